The van der Waals surface area contributed by atoms with Gasteiger partial charge < -0.3 is 14.2 Å². The van der Waals surface area contributed by atoms with E-state index >= 15 is 0 Å². The molecule has 3 nitrogen and oxygen atoms in total. The van der Waals surface area contributed by atoms with Gasteiger partial charge in [0.05, 0.1) is 22.7 Å². The van der Waals surface area contributed by atoms with Crippen LogP contribution < -0.4 is 9.80 Å². The summed E-state index contributed by atoms with van der Waals surface area (Å²) in [7, 11) is 0.568. The minimum atomic E-state index is 0.420. The molecule has 0 bridgehead atoms. The summed E-state index contributed by atoms with van der Waals surface area (Å²) in [6, 6.07) is 72.0. The summed E-state index contributed by atoms with van der Waals surface area (Å²) >= 11 is 0. The second-order valence-electron chi connectivity index (χ2n) is 17.8. The normalized spacial score (nSPS) is 12.2. The van der Waals surface area contributed by atoms with Crippen LogP contribution in [-0.4, -0.2) is 0 Å². The fourth-order valence-corrected chi connectivity index (χ4v) is 11.5. The van der Waals surface area contributed by atoms with E-state index < -0.39 is 0 Å². The molecule has 0 aliphatic carbocycles. The Bertz CT molecular complexity index is 3500. The molecule has 0 spiro atoms. The lowest BCUT2D eigenvalue weighted by Crippen LogP contribution is -2.12. The Labute approximate surface area is 374 Å². The Morgan fingerprint density at radius 1 is 0.359 bits per heavy atom. The van der Waals surface area contributed by atoms with E-state index in [9.17, 15) is 0 Å². The number of rotatable bonds is 8. The van der Waals surface area contributed by atoms with Crippen LogP contribution in [0, 0.1) is 0 Å². The molecule has 12 aromatic rings. The van der Waals surface area contributed by atoms with E-state index in [0.717, 1.165) is 44.7 Å². The molecule has 1 unspecified atom stereocenters. The molecule has 1 atom stereocenters. The third kappa shape index (κ3) is 6.10. The summed E-state index contributed by atoms with van der Waals surface area (Å²) in [5.41, 5.74) is 11.1. The van der Waals surface area contributed by atoms with Crippen molar-refractivity contribution in [2.24, 2.45) is 0 Å². The molecule has 4 heteroatoms. The van der Waals surface area contributed by atoms with Gasteiger partial charge in [-0.2, -0.15) is 0 Å². The molecular weight excluding hydrogens is 796 g/mol. The Morgan fingerprint density at radius 2 is 0.812 bits per heavy atom. The van der Waals surface area contributed by atoms with Crippen LogP contribution in [0.2, 0.25) is 0 Å². The smallest absolute Gasteiger partial charge is 0.159 e. The number of anilines is 6. The van der Waals surface area contributed by atoms with Gasteiger partial charge in [0.2, 0.25) is 0 Å². The maximum absolute atomic E-state index is 6.79. The van der Waals surface area contributed by atoms with Crippen molar-refractivity contribution in [3.63, 3.8) is 0 Å². The van der Waals surface area contributed by atoms with Crippen molar-refractivity contribution in [3.8, 4) is 0 Å². The number of benzene rings is 10. The molecule has 308 valence electrons. The van der Waals surface area contributed by atoms with E-state index in [-0.39, 0.29) is 0 Å². The Hall–Kier alpha value is -7.32. The van der Waals surface area contributed by atoms with Gasteiger partial charge in [-0.3, -0.25) is 0 Å². The van der Waals surface area contributed by atoms with Crippen LogP contribution in [0.25, 0.3) is 75.3 Å². The first-order chi connectivity index (χ1) is 31.4. The van der Waals surface area contributed by atoms with Gasteiger partial charge in [-0.15, -0.1) is 8.19 Å². The minimum absolute atomic E-state index is 0.420. The van der Waals surface area contributed by atoms with Crippen molar-refractivity contribution >= 4 is 118 Å². The monoisotopic (exact) mass is 842 g/mol. The summed E-state index contributed by atoms with van der Waals surface area (Å²) in [4.78, 5) is 4.96. The van der Waals surface area contributed by atoms with Crippen LogP contribution in [0.4, 0.5) is 34.1 Å². The number of nitrogens with zero attached hydrogens (tertiary/aromatic N) is 2. The lowest BCUT2D eigenvalue weighted by atomic mass is 9.93. The molecule has 0 N–H and O–H groups in total. The van der Waals surface area contributed by atoms with Gasteiger partial charge in [-0.1, -0.05) is 167 Å². The second kappa shape index (κ2) is 15.2. The third-order valence-corrected chi connectivity index (χ3v) is 14.8. The lowest BCUT2D eigenvalue weighted by Gasteiger charge is -2.30. The van der Waals surface area contributed by atoms with E-state index in [4.69, 9.17) is 4.42 Å². The summed E-state index contributed by atoms with van der Waals surface area (Å²) in [5.74, 6) is 0.858. The fraction of sp³-hybridized carbons (Fsp3) is 0.100. The number of fused-ring (bicyclic) bond motifs is 11. The van der Waals surface area contributed by atoms with Gasteiger partial charge in [0, 0.05) is 38.0 Å². The highest BCUT2D eigenvalue weighted by Crippen LogP contribution is 2.52. The molecule has 0 fully saturated rings. The van der Waals surface area contributed by atoms with Crippen LogP contribution in [-0.2, 0) is 0 Å². The standard InChI is InChI=1S/C60H47N2OP/c1-37(2)39-27-31-41(32-28-39)61(53-23-13-21-49-47-19-9-11-25-57(47)63-59(49)53)55-35-51-44-16-6-8-18-46(44)56(36-52(51)43-15-5-7-17-45(43)55)62(42-33-29-40(30-34-42)38(3)4)54-24-14-22-50-48-20-10-12-26-58(48)64-60(50)54/h5-38,64H,1-4H3. The third-order valence-electron chi connectivity index (χ3n) is 13.3. The van der Waals surface area contributed by atoms with Crippen LogP contribution in [0.3, 0.4) is 0 Å². The molecule has 0 radical (unpaired) electrons. The van der Waals surface area contributed by atoms with Crippen molar-refractivity contribution in [2.75, 3.05) is 9.80 Å². The number of furan rings is 1. The molecule has 64 heavy (non-hydrogen) atoms. The first-order valence-corrected chi connectivity index (χ1v) is 23.5. The van der Waals surface area contributed by atoms with Gasteiger partial charge >= 0.3 is 0 Å². The molecule has 0 saturated carbocycles. The predicted octanol–water partition coefficient (Wildman–Crippen LogP) is 18.6. The molecule has 2 heterocycles. The van der Waals surface area contributed by atoms with E-state index in [1.54, 1.807) is 0 Å². The molecule has 2 aromatic heterocycles. The Balaban J connectivity index is 1.16. The average molecular weight is 843 g/mol. The molecule has 0 saturated heterocycles. The van der Waals surface area contributed by atoms with Gasteiger partial charge in [-0.25, -0.2) is 0 Å². The van der Waals surface area contributed by atoms with Gasteiger partial charge in [-0.05, 0) is 115 Å². The number of hydrogen-bond donors (Lipinski definition) is 0. The summed E-state index contributed by atoms with van der Waals surface area (Å²) in [6.07, 6.45) is 0. The highest BCUT2D eigenvalue weighted by molar-refractivity contribution is 7.44. The average Bonchev–Trinajstić information content (AvgIpc) is 3.92. The zero-order valence-corrected chi connectivity index (χ0v) is 37.4. The van der Waals surface area contributed by atoms with E-state index in [1.165, 1.54) is 75.8 Å². The Morgan fingerprint density at radius 3 is 1.39 bits per heavy atom. The summed E-state index contributed by atoms with van der Waals surface area (Å²) < 4.78 is 6.79. The number of hydrogen-bond acceptors (Lipinski definition) is 3. The first kappa shape index (κ1) is 38.4. The van der Waals surface area contributed by atoms with Gasteiger partial charge in [0.1, 0.15) is 5.58 Å². The van der Waals surface area contributed by atoms with E-state index in [1.807, 2.05) is 0 Å². The molecule has 12 rings (SSSR count). The van der Waals surface area contributed by atoms with Crippen LogP contribution in [0.15, 0.2) is 199 Å². The van der Waals surface area contributed by atoms with Crippen molar-refractivity contribution in [1.29, 1.82) is 0 Å². The van der Waals surface area contributed by atoms with Crippen LogP contribution >= 0.6 is 8.19 Å². The van der Waals surface area contributed by atoms with Crippen molar-refractivity contribution in [3.05, 3.63) is 205 Å². The lowest BCUT2D eigenvalue weighted by molar-refractivity contribution is 0.669. The quantitative estimate of drug-likeness (QED) is 0.142. The summed E-state index contributed by atoms with van der Waals surface area (Å²) in [6.45, 7) is 9.05. The molecule has 0 aliphatic rings. The molecule has 0 aliphatic heterocycles. The maximum Gasteiger partial charge on any atom is 0.159 e. The van der Waals surface area contributed by atoms with E-state index in [0.29, 0.717) is 20.0 Å². The first-order valence-electron chi connectivity index (χ1n) is 22.5. The SMILES string of the molecule is CC(C)c1ccc(N(c2cc3c4ccccc4c(N(c4ccc(C(C)C)cc4)c4cccc5c4[pH]c4ccccc45)cc3c3ccccc23)c2cccc3c2oc2ccccc23)cc1. The Kier molecular flexibility index (Phi) is 9.11. The maximum atomic E-state index is 6.79. The fourth-order valence-electron chi connectivity index (χ4n) is 10.1. The highest BCUT2D eigenvalue weighted by Gasteiger charge is 2.25. The van der Waals surface area contributed by atoms with Gasteiger partial charge in [0.15, 0.2) is 5.58 Å². The minimum Gasteiger partial charge on any atom is -0.454 e. The van der Waals surface area contributed by atoms with Crippen molar-refractivity contribution < 1.29 is 4.42 Å². The topological polar surface area (TPSA) is 19.6 Å². The molecular formula is C60H47N2OP. The van der Waals surface area contributed by atoms with Crippen molar-refractivity contribution in [1.82, 2.24) is 0 Å². The van der Waals surface area contributed by atoms with Gasteiger partial charge in [0.25, 0.3) is 0 Å². The highest BCUT2D eigenvalue weighted by atomic mass is 31.0. The summed E-state index contributed by atoms with van der Waals surface area (Å²) in [5, 5.41) is 14.9. The van der Waals surface area contributed by atoms with Crippen LogP contribution in [0.1, 0.15) is 50.7 Å². The second-order valence-corrected chi connectivity index (χ2v) is 19.1. The number of para-hydroxylation sites is 2. The predicted molar refractivity (Wildman–Crippen MR) is 278 cm³/mol. The largest absolute Gasteiger partial charge is 0.454 e. The zero-order valence-electron chi connectivity index (χ0n) is 36.4. The molecule has 0 amide bonds. The molecule has 10 aromatic carbocycles. The van der Waals surface area contributed by atoms with E-state index in [2.05, 4.69) is 232 Å². The van der Waals surface area contributed by atoms with Crippen LogP contribution in [0.5, 0.6) is 0 Å². The zero-order chi connectivity index (χ0) is 43.1. The van der Waals surface area contributed by atoms with Crippen molar-refractivity contribution in [2.45, 2.75) is 39.5 Å².